The Morgan fingerprint density at radius 1 is 1.45 bits per heavy atom. The Hall–Kier alpha value is -1.40. The van der Waals surface area contributed by atoms with Gasteiger partial charge in [-0.2, -0.15) is 0 Å². The van der Waals surface area contributed by atoms with Gasteiger partial charge in [-0.15, -0.1) is 11.3 Å². The zero-order valence-corrected chi connectivity index (χ0v) is 13.3. The van der Waals surface area contributed by atoms with Gasteiger partial charge in [0, 0.05) is 19.9 Å². The van der Waals surface area contributed by atoms with Crippen LogP contribution in [0.2, 0.25) is 0 Å². The van der Waals surface area contributed by atoms with Gasteiger partial charge in [0.05, 0.1) is 7.11 Å². The van der Waals surface area contributed by atoms with Crippen LogP contribution < -0.4 is 5.32 Å². The number of carbonyl (C=O) groups excluding carboxylic acids is 1. The number of hydrogen-bond donors (Lipinski definition) is 1. The van der Waals surface area contributed by atoms with Gasteiger partial charge in [0.2, 0.25) is 0 Å². The molecular formula is C14H13BrFNO2S. The third-order valence-electron chi connectivity index (χ3n) is 2.73. The molecule has 20 heavy (non-hydrogen) atoms. The molecule has 0 amide bonds. The lowest BCUT2D eigenvalue weighted by Crippen LogP contribution is -2.21. The second kappa shape index (κ2) is 6.37. The van der Waals surface area contributed by atoms with Gasteiger partial charge in [-0.05, 0) is 47.1 Å². The minimum Gasteiger partial charge on any atom is -0.467 e. The first-order valence-electron chi connectivity index (χ1n) is 5.87. The van der Waals surface area contributed by atoms with E-state index in [4.69, 9.17) is 4.74 Å². The van der Waals surface area contributed by atoms with Gasteiger partial charge >= 0.3 is 5.97 Å². The van der Waals surface area contributed by atoms with Crippen LogP contribution in [0.3, 0.4) is 0 Å². The van der Waals surface area contributed by atoms with Crippen LogP contribution in [-0.4, -0.2) is 13.1 Å². The predicted molar refractivity (Wildman–Crippen MR) is 81.5 cm³/mol. The first-order chi connectivity index (χ1) is 9.51. The Morgan fingerprint density at radius 3 is 2.75 bits per heavy atom. The van der Waals surface area contributed by atoms with E-state index < -0.39 is 12.0 Å². The third kappa shape index (κ3) is 3.37. The molecule has 0 aliphatic heterocycles. The van der Waals surface area contributed by atoms with E-state index in [2.05, 4.69) is 21.2 Å². The summed E-state index contributed by atoms with van der Waals surface area (Å²) in [6.07, 6.45) is 0. The van der Waals surface area contributed by atoms with Crippen LogP contribution in [0.4, 0.5) is 10.1 Å². The third-order valence-corrected chi connectivity index (χ3v) is 4.93. The molecule has 1 unspecified atom stereocenters. The maximum Gasteiger partial charge on any atom is 0.333 e. The molecule has 0 aliphatic carbocycles. The number of aryl methyl sites for hydroxylation is 1. The first-order valence-corrected chi connectivity index (χ1v) is 7.48. The van der Waals surface area contributed by atoms with Crippen LogP contribution in [-0.2, 0) is 9.53 Å². The Morgan fingerprint density at radius 2 is 2.20 bits per heavy atom. The van der Waals surface area contributed by atoms with Gasteiger partial charge < -0.3 is 10.1 Å². The smallest absolute Gasteiger partial charge is 0.333 e. The minimum absolute atomic E-state index is 0.359. The highest BCUT2D eigenvalue weighted by molar-refractivity contribution is 9.10. The summed E-state index contributed by atoms with van der Waals surface area (Å²) in [6, 6.07) is 7.19. The summed E-state index contributed by atoms with van der Waals surface area (Å²) in [4.78, 5) is 13.8. The van der Waals surface area contributed by atoms with E-state index in [1.165, 1.54) is 30.6 Å². The number of halogens is 2. The van der Waals surface area contributed by atoms with E-state index in [-0.39, 0.29) is 5.82 Å². The Balaban J connectivity index is 2.31. The molecule has 2 rings (SSSR count). The average molecular weight is 358 g/mol. The van der Waals surface area contributed by atoms with Crippen molar-refractivity contribution < 1.29 is 13.9 Å². The van der Waals surface area contributed by atoms with Crippen molar-refractivity contribution in [3.05, 3.63) is 50.4 Å². The quantitative estimate of drug-likeness (QED) is 0.829. The molecule has 0 saturated carbocycles. The van der Waals surface area contributed by atoms with Crippen LogP contribution >= 0.6 is 27.3 Å². The van der Waals surface area contributed by atoms with E-state index >= 15 is 0 Å². The molecule has 0 aliphatic rings. The fourth-order valence-electron chi connectivity index (χ4n) is 1.73. The van der Waals surface area contributed by atoms with Crippen LogP contribution in [0.15, 0.2) is 34.8 Å². The van der Waals surface area contributed by atoms with Crippen molar-refractivity contribution in [2.45, 2.75) is 13.0 Å². The number of thiophene rings is 1. The SMILES string of the molecule is COC(=O)C(Nc1cccc(F)c1)c1cc(Br)c(C)s1. The van der Waals surface area contributed by atoms with E-state index in [9.17, 15) is 9.18 Å². The molecular weight excluding hydrogens is 345 g/mol. The van der Waals surface area contributed by atoms with Crippen molar-refractivity contribution >= 4 is 38.9 Å². The van der Waals surface area contributed by atoms with Gasteiger partial charge in [0.1, 0.15) is 5.82 Å². The molecule has 0 spiro atoms. The van der Waals surface area contributed by atoms with Gasteiger partial charge in [-0.25, -0.2) is 9.18 Å². The average Bonchev–Trinajstić information content (AvgIpc) is 2.75. The monoisotopic (exact) mass is 357 g/mol. The molecule has 6 heteroatoms. The molecule has 1 aromatic carbocycles. The van der Waals surface area contributed by atoms with Crippen LogP contribution in [0.25, 0.3) is 0 Å². The number of rotatable bonds is 4. The van der Waals surface area contributed by atoms with E-state index in [0.29, 0.717) is 5.69 Å². The summed E-state index contributed by atoms with van der Waals surface area (Å²) >= 11 is 4.91. The molecule has 3 nitrogen and oxygen atoms in total. The number of benzene rings is 1. The number of hydrogen-bond acceptors (Lipinski definition) is 4. The molecule has 1 heterocycles. The van der Waals surface area contributed by atoms with Gasteiger partial charge in [-0.3, -0.25) is 0 Å². The van der Waals surface area contributed by atoms with Crippen LogP contribution in [0.1, 0.15) is 15.8 Å². The molecule has 0 saturated heterocycles. The fourth-order valence-corrected chi connectivity index (χ4v) is 3.33. The Labute approximate surface area is 128 Å². The summed E-state index contributed by atoms with van der Waals surface area (Å²) in [5, 5.41) is 3.00. The van der Waals surface area contributed by atoms with Crippen molar-refractivity contribution in [2.75, 3.05) is 12.4 Å². The Bertz CT molecular complexity index is 610. The zero-order chi connectivity index (χ0) is 14.7. The summed E-state index contributed by atoms with van der Waals surface area (Å²) in [5.41, 5.74) is 0.530. The number of methoxy groups -OCH3 is 1. The minimum atomic E-state index is -0.656. The number of anilines is 1. The van der Waals surface area contributed by atoms with Crippen molar-refractivity contribution in [3.63, 3.8) is 0 Å². The molecule has 2 aromatic rings. The Kier molecular flexibility index (Phi) is 4.77. The summed E-state index contributed by atoms with van der Waals surface area (Å²) < 4.78 is 19.0. The highest BCUT2D eigenvalue weighted by Crippen LogP contribution is 2.33. The van der Waals surface area contributed by atoms with Crippen molar-refractivity contribution in [1.29, 1.82) is 0 Å². The lowest BCUT2D eigenvalue weighted by molar-refractivity contribution is -0.141. The molecule has 106 valence electrons. The molecule has 1 N–H and O–H groups in total. The van der Waals surface area contributed by atoms with Crippen LogP contribution in [0, 0.1) is 12.7 Å². The number of carbonyl (C=O) groups is 1. The predicted octanol–water partition coefficient (Wildman–Crippen LogP) is 4.28. The lowest BCUT2D eigenvalue weighted by atomic mass is 10.2. The van der Waals surface area contributed by atoms with E-state index in [0.717, 1.165) is 14.2 Å². The van der Waals surface area contributed by atoms with E-state index in [1.807, 2.05) is 13.0 Å². The lowest BCUT2D eigenvalue weighted by Gasteiger charge is -2.16. The maximum absolute atomic E-state index is 13.2. The molecule has 1 aromatic heterocycles. The summed E-state index contributed by atoms with van der Waals surface area (Å²) in [7, 11) is 1.33. The van der Waals surface area contributed by atoms with Gasteiger partial charge in [0.15, 0.2) is 6.04 Å². The molecule has 0 fully saturated rings. The zero-order valence-electron chi connectivity index (χ0n) is 10.9. The fraction of sp³-hybridized carbons (Fsp3) is 0.214. The van der Waals surface area contributed by atoms with Gasteiger partial charge in [-0.1, -0.05) is 6.07 Å². The van der Waals surface area contributed by atoms with Crippen molar-refractivity contribution in [3.8, 4) is 0 Å². The normalized spacial score (nSPS) is 12.0. The summed E-state index contributed by atoms with van der Waals surface area (Å²) in [6.45, 7) is 1.95. The highest BCUT2D eigenvalue weighted by atomic mass is 79.9. The highest BCUT2D eigenvalue weighted by Gasteiger charge is 2.24. The number of ether oxygens (including phenoxy) is 1. The standard InChI is InChI=1S/C14H13BrFNO2S/c1-8-11(15)7-12(20-8)13(14(18)19-2)17-10-5-3-4-9(16)6-10/h3-7,13,17H,1-2H3. The number of nitrogens with one attached hydrogen (secondary N) is 1. The van der Waals surface area contributed by atoms with Crippen LogP contribution in [0.5, 0.6) is 0 Å². The largest absolute Gasteiger partial charge is 0.467 e. The van der Waals surface area contributed by atoms with E-state index in [1.54, 1.807) is 12.1 Å². The second-order valence-corrected chi connectivity index (χ2v) is 6.31. The summed E-state index contributed by atoms with van der Waals surface area (Å²) in [5.74, 6) is -0.773. The van der Waals surface area contributed by atoms with Crippen molar-refractivity contribution in [2.24, 2.45) is 0 Å². The number of esters is 1. The molecule has 0 bridgehead atoms. The molecule has 1 atom stereocenters. The first kappa shape index (κ1) is 15.0. The van der Waals surface area contributed by atoms with Gasteiger partial charge in [0.25, 0.3) is 0 Å². The second-order valence-electron chi connectivity index (χ2n) is 4.16. The molecule has 0 radical (unpaired) electrons. The van der Waals surface area contributed by atoms with Crippen molar-refractivity contribution in [1.82, 2.24) is 0 Å². The topological polar surface area (TPSA) is 38.3 Å². The maximum atomic E-state index is 13.2.